The van der Waals surface area contributed by atoms with Crippen molar-refractivity contribution < 1.29 is 0 Å². The van der Waals surface area contributed by atoms with Crippen LogP contribution in [0.3, 0.4) is 0 Å². The predicted octanol–water partition coefficient (Wildman–Crippen LogP) is 3.93. The molecule has 2 bridgehead atoms. The van der Waals surface area contributed by atoms with Gasteiger partial charge in [0.15, 0.2) is 0 Å². The smallest absolute Gasteiger partial charge is 0.0129 e. The Hall–Kier alpha value is 0.310. The van der Waals surface area contributed by atoms with Crippen LogP contribution >= 0.6 is 11.8 Å². The fraction of sp³-hybridized carbons (Fsp3) is 1.00. The fourth-order valence-corrected chi connectivity index (χ4v) is 5.98. The van der Waals surface area contributed by atoms with E-state index in [0.717, 1.165) is 17.9 Å². The molecule has 3 aliphatic rings. The van der Waals surface area contributed by atoms with E-state index in [0.29, 0.717) is 10.8 Å². The lowest BCUT2D eigenvalue weighted by Gasteiger charge is -2.40. The van der Waals surface area contributed by atoms with Crippen LogP contribution in [0.5, 0.6) is 0 Å². The number of hydrogen-bond acceptors (Lipinski definition) is 2. The van der Waals surface area contributed by atoms with E-state index < -0.39 is 0 Å². The molecule has 2 aliphatic carbocycles. The Kier molecular flexibility index (Phi) is 3.47. The summed E-state index contributed by atoms with van der Waals surface area (Å²) >= 11 is 2.14. The summed E-state index contributed by atoms with van der Waals surface area (Å²) in [4.78, 5) is 0. The normalized spacial score (nSPS) is 43.5. The second-order valence-corrected chi connectivity index (χ2v) is 8.85. The van der Waals surface area contributed by atoms with Crippen LogP contribution in [0.2, 0.25) is 0 Å². The van der Waals surface area contributed by atoms with Gasteiger partial charge in [0.25, 0.3) is 0 Å². The van der Waals surface area contributed by atoms with Crippen molar-refractivity contribution in [3.8, 4) is 0 Å². The van der Waals surface area contributed by atoms with Crippen LogP contribution in [0.4, 0.5) is 0 Å². The summed E-state index contributed by atoms with van der Waals surface area (Å²) in [5.41, 5.74) is 1.12. The first kappa shape index (κ1) is 13.3. The highest BCUT2D eigenvalue weighted by Gasteiger charge is 2.60. The molecule has 0 amide bonds. The van der Waals surface area contributed by atoms with Gasteiger partial charge < -0.3 is 5.32 Å². The Bertz CT molecular complexity index is 308. The van der Waals surface area contributed by atoms with E-state index in [1.54, 1.807) is 0 Å². The molecule has 0 spiro atoms. The Balaban J connectivity index is 1.58. The average Bonchev–Trinajstić information content (AvgIpc) is 2.70. The predicted molar refractivity (Wildman–Crippen MR) is 81.1 cm³/mol. The van der Waals surface area contributed by atoms with Crippen molar-refractivity contribution in [2.45, 2.75) is 58.9 Å². The maximum atomic E-state index is 3.97. The van der Waals surface area contributed by atoms with Gasteiger partial charge in [-0.05, 0) is 72.8 Å². The number of rotatable bonds is 3. The third kappa shape index (κ3) is 1.95. The highest BCUT2D eigenvalue weighted by atomic mass is 32.2. The summed E-state index contributed by atoms with van der Waals surface area (Å²) in [6.45, 7) is 8.87. The molecule has 3 atom stereocenters. The highest BCUT2D eigenvalue weighted by molar-refractivity contribution is 7.99. The lowest BCUT2D eigenvalue weighted by atomic mass is 9.69. The zero-order chi connectivity index (χ0) is 12.8. The number of thioether (sulfide) groups is 1. The summed E-state index contributed by atoms with van der Waals surface area (Å²) in [5.74, 6) is 4.71. The van der Waals surface area contributed by atoms with Crippen LogP contribution in [0.25, 0.3) is 0 Å². The van der Waals surface area contributed by atoms with Crippen molar-refractivity contribution in [2.75, 3.05) is 18.1 Å². The van der Waals surface area contributed by atoms with Gasteiger partial charge in [-0.3, -0.25) is 0 Å². The average molecular weight is 267 g/mol. The maximum absolute atomic E-state index is 3.97. The second-order valence-electron chi connectivity index (χ2n) is 7.63. The standard InChI is InChI=1S/C16H29NS/c1-15(2)13-4-7-16(15,3)14(10-13)17-11-12-5-8-18-9-6-12/h12-14,17H,4-11H2,1-3H3. The van der Waals surface area contributed by atoms with Crippen molar-refractivity contribution in [2.24, 2.45) is 22.7 Å². The molecule has 1 heterocycles. The topological polar surface area (TPSA) is 12.0 Å². The molecule has 0 aromatic carbocycles. The summed E-state index contributed by atoms with van der Waals surface area (Å²) in [6, 6.07) is 0.792. The first-order chi connectivity index (χ1) is 8.54. The molecule has 2 heteroatoms. The van der Waals surface area contributed by atoms with Crippen LogP contribution in [0.1, 0.15) is 52.9 Å². The molecular formula is C16H29NS. The Morgan fingerprint density at radius 1 is 1.11 bits per heavy atom. The van der Waals surface area contributed by atoms with Crippen LogP contribution in [-0.2, 0) is 0 Å². The SMILES string of the molecule is CC1(C)C2CCC1(C)C(NCC1CCSCC1)C2. The zero-order valence-corrected chi connectivity index (χ0v) is 13.1. The van der Waals surface area contributed by atoms with E-state index in [9.17, 15) is 0 Å². The molecule has 1 saturated heterocycles. The summed E-state index contributed by atoms with van der Waals surface area (Å²) in [6.07, 6.45) is 7.23. The molecule has 18 heavy (non-hydrogen) atoms. The van der Waals surface area contributed by atoms with E-state index in [2.05, 4.69) is 37.8 Å². The Labute approximate surface area is 117 Å². The largest absolute Gasteiger partial charge is 0.313 e. The van der Waals surface area contributed by atoms with E-state index in [1.807, 2.05) is 0 Å². The number of fused-ring (bicyclic) bond motifs is 2. The highest BCUT2D eigenvalue weighted by Crippen LogP contribution is 2.65. The monoisotopic (exact) mass is 267 g/mol. The van der Waals surface area contributed by atoms with Crippen molar-refractivity contribution in [1.29, 1.82) is 0 Å². The molecule has 0 aromatic rings. The van der Waals surface area contributed by atoms with Gasteiger partial charge in [0, 0.05) is 6.04 Å². The van der Waals surface area contributed by atoms with E-state index in [1.165, 1.54) is 50.2 Å². The molecule has 1 aliphatic heterocycles. The molecule has 2 saturated carbocycles. The van der Waals surface area contributed by atoms with Gasteiger partial charge in [-0.15, -0.1) is 0 Å². The van der Waals surface area contributed by atoms with Gasteiger partial charge in [0.05, 0.1) is 0 Å². The summed E-state index contributed by atoms with van der Waals surface area (Å²) in [5, 5.41) is 3.97. The van der Waals surface area contributed by atoms with Gasteiger partial charge in [0.2, 0.25) is 0 Å². The molecule has 3 unspecified atom stereocenters. The number of nitrogens with one attached hydrogen (secondary N) is 1. The van der Waals surface area contributed by atoms with Gasteiger partial charge in [-0.25, -0.2) is 0 Å². The molecule has 3 fully saturated rings. The van der Waals surface area contributed by atoms with Crippen molar-refractivity contribution in [1.82, 2.24) is 5.32 Å². The van der Waals surface area contributed by atoms with Crippen LogP contribution in [0.15, 0.2) is 0 Å². The fourth-order valence-electron chi connectivity index (χ4n) is 4.77. The zero-order valence-electron chi connectivity index (χ0n) is 12.3. The molecule has 104 valence electrons. The molecule has 3 rings (SSSR count). The molecular weight excluding hydrogens is 238 g/mol. The molecule has 0 radical (unpaired) electrons. The van der Waals surface area contributed by atoms with Gasteiger partial charge >= 0.3 is 0 Å². The minimum atomic E-state index is 0.557. The minimum absolute atomic E-state index is 0.557. The lowest BCUT2D eigenvalue weighted by Crippen LogP contribution is -2.46. The number of hydrogen-bond donors (Lipinski definition) is 1. The van der Waals surface area contributed by atoms with Crippen LogP contribution in [0, 0.1) is 22.7 Å². The van der Waals surface area contributed by atoms with Gasteiger partial charge in [-0.1, -0.05) is 20.8 Å². The van der Waals surface area contributed by atoms with Crippen molar-refractivity contribution in [3.63, 3.8) is 0 Å². The van der Waals surface area contributed by atoms with Crippen LogP contribution in [-0.4, -0.2) is 24.1 Å². The molecule has 0 aromatic heterocycles. The lowest BCUT2D eigenvalue weighted by molar-refractivity contribution is 0.118. The first-order valence-corrected chi connectivity index (χ1v) is 9.00. The van der Waals surface area contributed by atoms with Crippen molar-refractivity contribution in [3.05, 3.63) is 0 Å². The molecule has 1 nitrogen and oxygen atoms in total. The molecule has 1 N–H and O–H groups in total. The summed E-state index contributed by atoms with van der Waals surface area (Å²) in [7, 11) is 0. The summed E-state index contributed by atoms with van der Waals surface area (Å²) < 4.78 is 0. The van der Waals surface area contributed by atoms with Crippen molar-refractivity contribution >= 4 is 11.8 Å². The maximum Gasteiger partial charge on any atom is 0.0129 e. The Morgan fingerprint density at radius 2 is 1.83 bits per heavy atom. The van der Waals surface area contributed by atoms with E-state index in [4.69, 9.17) is 0 Å². The van der Waals surface area contributed by atoms with Gasteiger partial charge in [0.1, 0.15) is 0 Å². The second kappa shape index (κ2) is 4.70. The minimum Gasteiger partial charge on any atom is -0.313 e. The third-order valence-electron chi connectivity index (χ3n) is 6.79. The third-order valence-corrected chi connectivity index (χ3v) is 7.84. The first-order valence-electron chi connectivity index (χ1n) is 7.85. The van der Waals surface area contributed by atoms with Crippen LogP contribution < -0.4 is 5.32 Å². The quantitative estimate of drug-likeness (QED) is 0.831. The van der Waals surface area contributed by atoms with Gasteiger partial charge in [-0.2, -0.15) is 11.8 Å². The van der Waals surface area contributed by atoms with E-state index >= 15 is 0 Å². The Morgan fingerprint density at radius 3 is 2.39 bits per heavy atom. The van der Waals surface area contributed by atoms with E-state index in [-0.39, 0.29) is 0 Å².